The summed E-state index contributed by atoms with van der Waals surface area (Å²) < 4.78 is 6.19. The van der Waals surface area contributed by atoms with Crippen molar-refractivity contribution in [2.45, 2.75) is 20.4 Å². The van der Waals surface area contributed by atoms with E-state index in [2.05, 4.69) is 5.10 Å². The van der Waals surface area contributed by atoms with Crippen molar-refractivity contribution in [2.24, 2.45) is 0 Å². The number of hydrogen-bond acceptors (Lipinski definition) is 3. The third-order valence-corrected chi connectivity index (χ3v) is 3.75. The standard InChI is InChI=1S/C14H14Cl2N2O3/c1-3-21-14(20)12-8(2)13(19)18(17-12)7-9-10(15)5-4-6-11(9)16/h4-6,17H,3,7H2,1-2H3. The zero-order chi connectivity index (χ0) is 15.6. The highest BCUT2D eigenvalue weighted by atomic mass is 35.5. The van der Waals surface area contributed by atoms with Crippen molar-refractivity contribution >= 4 is 29.2 Å². The predicted molar refractivity (Wildman–Crippen MR) is 81.3 cm³/mol. The topological polar surface area (TPSA) is 64.1 Å². The zero-order valence-electron chi connectivity index (χ0n) is 11.6. The second kappa shape index (κ2) is 6.37. The first kappa shape index (κ1) is 15.7. The van der Waals surface area contributed by atoms with Crippen LogP contribution in [0.2, 0.25) is 10.0 Å². The number of ether oxygens (including phenoxy) is 1. The van der Waals surface area contributed by atoms with Gasteiger partial charge in [-0.3, -0.25) is 9.89 Å². The Kier molecular flexibility index (Phi) is 4.75. The number of esters is 1. The Hall–Kier alpha value is -1.72. The Morgan fingerprint density at radius 3 is 2.52 bits per heavy atom. The number of H-pyrrole nitrogens is 1. The molecule has 0 radical (unpaired) electrons. The SMILES string of the molecule is CCOC(=O)c1[nH]n(Cc2c(Cl)cccc2Cl)c(=O)c1C. The van der Waals surface area contributed by atoms with Crippen LogP contribution in [-0.2, 0) is 11.3 Å². The van der Waals surface area contributed by atoms with Gasteiger partial charge in [-0.2, -0.15) is 0 Å². The van der Waals surface area contributed by atoms with E-state index in [-0.39, 0.29) is 24.4 Å². The number of carbonyl (C=O) groups is 1. The lowest BCUT2D eigenvalue weighted by atomic mass is 10.2. The number of aromatic nitrogens is 2. The third-order valence-electron chi connectivity index (χ3n) is 3.05. The fourth-order valence-electron chi connectivity index (χ4n) is 1.93. The molecule has 0 aliphatic rings. The van der Waals surface area contributed by atoms with Crippen LogP contribution in [-0.4, -0.2) is 22.4 Å². The average Bonchev–Trinajstić information content (AvgIpc) is 2.71. The van der Waals surface area contributed by atoms with Crippen LogP contribution in [0, 0.1) is 6.92 Å². The summed E-state index contributed by atoms with van der Waals surface area (Å²) in [6.07, 6.45) is 0. The molecule has 1 aromatic carbocycles. The molecule has 2 rings (SSSR count). The molecule has 0 saturated carbocycles. The maximum absolute atomic E-state index is 12.2. The molecular weight excluding hydrogens is 315 g/mol. The molecule has 5 nitrogen and oxygen atoms in total. The number of aromatic amines is 1. The molecule has 112 valence electrons. The van der Waals surface area contributed by atoms with Gasteiger partial charge in [-0.05, 0) is 26.0 Å². The van der Waals surface area contributed by atoms with Crippen LogP contribution in [0.25, 0.3) is 0 Å². The number of nitrogens with one attached hydrogen (secondary N) is 1. The molecule has 21 heavy (non-hydrogen) atoms. The molecule has 0 spiro atoms. The van der Waals surface area contributed by atoms with Gasteiger partial charge in [0.25, 0.3) is 5.56 Å². The summed E-state index contributed by atoms with van der Waals surface area (Å²) in [5, 5.41) is 3.67. The summed E-state index contributed by atoms with van der Waals surface area (Å²) in [4.78, 5) is 23.9. The summed E-state index contributed by atoms with van der Waals surface area (Å²) >= 11 is 12.2. The van der Waals surface area contributed by atoms with Crippen LogP contribution in [0.3, 0.4) is 0 Å². The highest BCUT2D eigenvalue weighted by Gasteiger charge is 2.18. The minimum atomic E-state index is -0.559. The van der Waals surface area contributed by atoms with E-state index in [1.54, 1.807) is 32.0 Å². The lowest BCUT2D eigenvalue weighted by molar-refractivity contribution is 0.0517. The Bertz CT molecular complexity index is 714. The van der Waals surface area contributed by atoms with Gasteiger partial charge < -0.3 is 4.74 Å². The number of benzene rings is 1. The highest BCUT2D eigenvalue weighted by molar-refractivity contribution is 6.35. The van der Waals surface area contributed by atoms with E-state index in [9.17, 15) is 9.59 Å². The summed E-state index contributed by atoms with van der Waals surface area (Å²) in [6.45, 7) is 3.65. The van der Waals surface area contributed by atoms with E-state index in [4.69, 9.17) is 27.9 Å². The fraction of sp³-hybridized carbons (Fsp3) is 0.286. The van der Waals surface area contributed by atoms with Gasteiger partial charge in [0.2, 0.25) is 0 Å². The van der Waals surface area contributed by atoms with Gasteiger partial charge in [0, 0.05) is 21.2 Å². The summed E-state index contributed by atoms with van der Waals surface area (Å²) in [5.74, 6) is -0.559. The molecule has 0 atom stereocenters. The summed E-state index contributed by atoms with van der Waals surface area (Å²) in [5.41, 5.74) is 0.746. The zero-order valence-corrected chi connectivity index (χ0v) is 13.1. The number of hydrogen-bond donors (Lipinski definition) is 1. The van der Waals surface area contributed by atoms with Crippen LogP contribution in [0.4, 0.5) is 0 Å². The van der Waals surface area contributed by atoms with Crippen molar-refractivity contribution in [2.75, 3.05) is 6.61 Å². The molecule has 1 N–H and O–H groups in total. The highest BCUT2D eigenvalue weighted by Crippen LogP contribution is 2.24. The number of nitrogens with zero attached hydrogens (tertiary/aromatic N) is 1. The number of halogens is 2. The molecular formula is C14H14Cl2N2O3. The van der Waals surface area contributed by atoms with Crippen molar-refractivity contribution in [3.05, 3.63) is 55.4 Å². The maximum atomic E-state index is 12.2. The minimum absolute atomic E-state index is 0.144. The second-order valence-electron chi connectivity index (χ2n) is 4.42. The van der Waals surface area contributed by atoms with Gasteiger partial charge in [-0.15, -0.1) is 0 Å². The molecule has 0 aliphatic carbocycles. The van der Waals surface area contributed by atoms with Gasteiger partial charge in [0.15, 0.2) is 0 Å². The molecule has 7 heteroatoms. The van der Waals surface area contributed by atoms with Crippen molar-refractivity contribution in [1.29, 1.82) is 0 Å². The van der Waals surface area contributed by atoms with E-state index in [0.29, 0.717) is 21.2 Å². The Balaban J connectivity index is 2.40. The van der Waals surface area contributed by atoms with Crippen LogP contribution in [0.15, 0.2) is 23.0 Å². The average molecular weight is 329 g/mol. The molecule has 1 aromatic heterocycles. The Labute approximate surface area is 131 Å². The Morgan fingerprint density at radius 1 is 1.33 bits per heavy atom. The van der Waals surface area contributed by atoms with E-state index in [0.717, 1.165) is 0 Å². The van der Waals surface area contributed by atoms with Crippen LogP contribution < -0.4 is 5.56 Å². The quantitative estimate of drug-likeness (QED) is 0.877. The van der Waals surface area contributed by atoms with Crippen LogP contribution in [0.5, 0.6) is 0 Å². The molecule has 1 heterocycles. The van der Waals surface area contributed by atoms with Gasteiger partial charge in [0.1, 0.15) is 5.69 Å². The van der Waals surface area contributed by atoms with E-state index in [1.807, 2.05) is 0 Å². The van der Waals surface area contributed by atoms with Crippen molar-refractivity contribution < 1.29 is 9.53 Å². The molecule has 0 unspecified atom stereocenters. The second-order valence-corrected chi connectivity index (χ2v) is 5.24. The first-order chi connectivity index (χ1) is 9.95. The monoisotopic (exact) mass is 328 g/mol. The summed E-state index contributed by atoms with van der Waals surface area (Å²) in [7, 11) is 0. The smallest absolute Gasteiger partial charge is 0.356 e. The van der Waals surface area contributed by atoms with Crippen LogP contribution >= 0.6 is 23.2 Å². The predicted octanol–water partition coefficient (Wildman–Crippen LogP) is 3.02. The molecule has 0 amide bonds. The normalized spacial score (nSPS) is 10.7. The van der Waals surface area contributed by atoms with Crippen molar-refractivity contribution in [3.8, 4) is 0 Å². The van der Waals surface area contributed by atoms with Crippen molar-refractivity contribution in [3.63, 3.8) is 0 Å². The van der Waals surface area contributed by atoms with E-state index < -0.39 is 5.97 Å². The largest absolute Gasteiger partial charge is 0.461 e. The maximum Gasteiger partial charge on any atom is 0.356 e. The summed E-state index contributed by atoms with van der Waals surface area (Å²) in [6, 6.07) is 5.10. The minimum Gasteiger partial charge on any atom is -0.461 e. The number of carbonyl (C=O) groups excluding carboxylic acids is 1. The lowest BCUT2D eigenvalue weighted by Gasteiger charge is -2.07. The van der Waals surface area contributed by atoms with Crippen molar-refractivity contribution in [1.82, 2.24) is 9.78 Å². The molecule has 0 aliphatic heterocycles. The fourth-order valence-corrected chi connectivity index (χ4v) is 2.45. The van der Waals surface area contributed by atoms with Gasteiger partial charge in [-0.25, -0.2) is 9.48 Å². The molecule has 0 bridgehead atoms. The van der Waals surface area contributed by atoms with Gasteiger partial charge >= 0.3 is 5.97 Å². The number of rotatable bonds is 4. The van der Waals surface area contributed by atoms with E-state index in [1.165, 1.54) is 4.68 Å². The third kappa shape index (κ3) is 3.14. The van der Waals surface area contributed by atoms with Crippen LogP contribution in [0.1, 0.15) is 28.5 Å². The molecule has 0 saturated heterocycles. The molecule has 0 fully saturated rings. The first-order valence-corrected chi connectivity index (χ1v) is 7.10. The van der Waals surface area contributed by atoms with Gasteiger partial charge in [0.05, 0.1) is 13.2 Å². The van der Waals surface area contributed by atoms with Gasteiger partial charge in [-0.1, -0.05) is 29.3 Å². The molecule has 2 aromatic rings. The first-order valence-electron chi connectivity index (χ1n) is 6.35. The lowest BCUT2D eigenvalue weighted by Crippen LogP contribution is -2.19. The Morgan fingerprint density at radius 2 is 1.95 bits per heavy atom. The van der Waals surface area contributed by atoms with E-state index >= 15 is 0 Å².